The molecule has 0 aliphatic heterocycles. The van der Waals surface area contributed by atoms with Crippen molar-refractivity contribution < 1.29 is 9.59 Å². The topological polar surface area (TPSA) is 124 Å². The molecule has 5 N–H and O–H groups in total. The SMILES string of the molecule is NC(=O)NC(=O)CCSc1nnc(N)s1. The van der Waals surface area contributed by atoms with Crippen LogP contribution < -0.4 is 16.8 Å². The average molecular weight is 247 g/mol. The summed E-state index contributed by atoms with van der Waals surface area (Å²) in [7, 11) is 0. The first-order valence-corrected chi connectivity index (χ1v) is 5.69. The zero-order valence-corrected chi connectivity index (χ0v) is 9.23. The van der Waals surface area contributed by atoms with Gasteiger partial charge >= 0.3 is 6.03 Å². The van der Waals surface area contributed by atoms with E-state index in [1.165, 1.54) is 23.1 Å². The number of nitrogens with zero attached hydrogens (tertiary/aromatic N) is 2. The molecule has 1 heterocycles. The van der Waals surface area contributed by atoms with Crippen molar-refractivity contribution in [2.24, 2.45) is 5.73 Å². The minimum absolute atomic E-state index is 0.188. The number of hydrogen-bond acceptors (Lipinski definition) is 7. The zero-order chi connectivity index (χ0) is 11.3. The largest absolute Gasteiger partial charge is 0.374 e. The van der Waals surface area contributed by atoms with E-state index in [-0.39, 0.29) is 6.42 Å². The first kappa shape index (κ1) is 11.7. The number of carbonyl (C=O) groups is 2. The van der Waals surface area contributed by atoms with Gasteiger partial charge < -0.3 is 11.5 Å². The lowest BCUT2D eigenvalue weighted by Gasteiger charge is -1.98. The third-order valence-corrected chi connectivity index (χ3v) is 3.13. The number of anilines is 1. The molecule has 3 amide bonds. The van der Waals surface area contributed by atoms with Crippen LogP contribution in [-0.4, -0.2) is 27.9 Å². The van der Waals surface area contributed by atoms with Crippen molar-refractivity contribution in [2.45, 2.75) is 10.8 Å². The second-order valence-corrected chi connectivity index (χ2v) is 4.77. The number of primary amides is 1. The van der Waals surface area contributed by atoms with E-state index in [0.29, 0.717) is 15.2 Å². The molecule has 0 aliphatic rings. The Kier molecular flexibility index (Phi) is 4.31. The third-order valence-electron chi connectivity index (χ3n) is 1.24. The summed E-state index contributed by atoms with van der Waals surface area (Å²) in [6, 6.07) is -0.842. The molecule has 0 saturated heterocycles. The molecule has 15 heavy (non-hydrogen) atoms. The van der Waals surface area contributed by atoms with Crippen LogP contribution in [0.4, 0.5) is 9.93 Å². The monoisotopic (exact) mass is 247 g/mol. The zero-order valence-electron chi connectivity index (χ0n) is 7.60. The summed E-state index contributed by atoms with van der Waals surface area (Å²) in [4.78, 5) is 21.3. The molecule has 82 valence electrons. The van der Waals surface area contributed by atoms with E-state index in [4.69, 9.17) is 11.5 Å². The Morgan fingerprint density at radius 1 is 1.47 bits per heavy atom. The molecule has 1 rings (SSSR count). The van der Waals surface area contributed by atoms with Crippen LogP contribution in [0.2, 0.25) is 0 Å². The van der Waals surface area contributed by atoms with Crippen molar-refractivity contribution in [2.75, 3.05) is 11.5 Å². The summed E-state index contributed by atoms with van der Waals surface area (Å²) in [6.07, 6.45) is 0.188. The Hall–Kier alpha value is -1.35. The number of hydrogen-bond donors (Lipinski definition) is 3. The van der Waals surface area contributed by atoms with E-state index in [9.17, 15) is 9.59 Å². The van der Waals surface area contributed by atoms with Crippen molar-refractivity contribution in [1.82, 2.24) is 15.5 Å². The van der Waals surface area contributed by atoms with Crippen LogP contribution in [0.25, 0.3) is 0 Å². The van der Waals surface area contributed by atoms with Gasteiger partial charge in [-0.3, -0.25) is 10.1 Å². The van der Waals surface area contributed by atoms with Gasteiger partial charge in [-0.15, -0.1) is 10.2 Å². The van der Waals surface area contributed by atoms with Crippen LogP contribution in [0.1, 0.15) is 6.42 Å². The number of nitrogens with two attached hydrogens (primary N) is 2. The fourth-order valence-corrected chi connectivity index (χ4v) is 2.35. The Labute approximate surface area is 93.6 Å². The van der Waals surface area contributed by atoms with Crippen molar-refractivity contribution in [3.8, 4) is 0 Å². The highest BCUT2D eigenvalue weighted by atomic mass is 32.2. The number of rotatable bonds is 4. The molecule has 0 radical (unpaired) electrons. The van der Waals surface area contributed by atoms with E-state index in [2.05, 4.69) is 10.2 Å². The minimum Gasteiger partial charge on any atom is -0.374 e. The quantitative estimate of drug-likeness (QED) is 0.633. The Morgan fingerprint density at radius 3 is 2.73 bits per heavy atom. The molecule has 9 heteroatoms. The normalized spacial score (nSPS) is 9.87. The standard InChI is InChI=1S/C6H9N5O2S2/c7-4(13)9-3(12)1-2-14-6-11-10-5(8)15-6/h1-2H2,(H2,8,10)(H3,7,9,12,13). The lowest BCUT2D eigenvalue weighted by molar-refractivity contribution is -0.119. The molecule has 1 aromatic heterocycles. The summed E-state index contributed by atoms with van der Waals surface area (Å²) >= 11 is 2.60. The van der Waals surface area contributed by atoms with E-state index in [0.717, 1.165) is 0 Å². The highest BCUT2D eigenvalue weighted by Gasteiger charge is 2.06. The molecule has 0 aliphatic carbocycles. The highest BCUT2D eigenvalue weighted by molar-refractivity contribution is 8.01. The lowest BCUT2D eigenvalue weighted by Crippen LogP contribution is -2.35. The van der Waals surface area contributed by atoms with Gasteiger partial charge in [0.15, 0.2) is 4.34 Å². The van der Waals surface area contributed by atoms with E-state index in [1.54, 1.807) is 0 Å². The third kappa shape index (κ3) is 4.61. The predicted octanol–water partition coefficient (Wildman–Crippen LogP) is -0.203. The number of imide groups is 1. The van der Waals surface area contributed by atoms with Gasteiger partial charge in [0.2, 0.25) is 11.0 Å². The highest BCUT2D eigenvalue weighted by Crippen LogP contribution is 2.23. The van der Waals surface area contributed by atoms with E-state index < -0.39 is 11.9 Å². The van der Waals surface area contributed by atoms with Crippen molar-refractivity contribution in [1.29, 1.82) is 0 Å². The van der Waals surface area contributed by atoms with Crippen molar-refractivity contribution in [3.05, 3.63) is 0 Å². The van der Waals surface area contributed by atoms with Crippen LogP contribution in [0.15, 0.2) is 4.34 Å². The van der Waals surface area contributed by atoms with Gasteiger partial charge in [0.1, 0.15) is 0 Å². The van der Waals surface area contributed by atoms with Gasteiger partial charge in [-0.25, -0.2) is 4.79 Å². The molecular formula is C6H9N5O2S2. The van der Waals surface area contributed by atoms with Crippen LogP contribution in [0.3, 0.4) is 0 Å². The summed E-state index contributed by atoms with van der Waals surface area (Å²) in [5.41, 5.74) is 10.1. The smallest absolute Gasteiger partial charge is 0.318 e. The molecule has 0 fully saturated rings. The second-order valence-electron chi connectivity index (χ2n) is 2.42. The summed E-state index contributed by atoms with van der Waals surface area (Å²) < 4.78 is 0.694. The van der Waals surface area contributed by atoms with Crippen LogP contribution in [-0.2, 0) is 4.79 Å². The van der Waals surface area contributed by atoms with Gasteiger partial charge in [0, 0.05) is 12.2 Å². The number of carbonyl (C=O) groups excluding carboxylic acids is 2. The van der Waals surface area contributed by atoms with Gasteiger partial charge in [-0.05, 0) is 0 Å². The minimum atomic E-state index is -0.842. The first-order chi connectivity index (χ1) is 7.08. The maximum Gasteiger partial charge on any atom is 0.318 e. The molecule has 0 unspecified atom stereocenters. The van der Waals surface area contributed by atoms with Gasteiger partial charge in [-0.1, -0.05) is 23.1 Å². The molecule has 7 nitrogen and oxygen atoms in total. The van der Waals surface area contributed by atoms with Crippen molar-refractivity contribution in [3.63, 3.8) is 0 Å². The summed E-state index contributed by atoms with van der Waals surface area (Å²) in [6.45, 7) is 0. The number of urea groups is 1. The predicted molar refractivity (Wildman–Crippen MR) is 57.4 cm³/mol. The van der Waals surface area contributed by atoms with Crippen LogP contribution in [0, 0.1) is 0 Å². The Bertz CT molecular complexity index is 366. The van der Waals surface area contributed by atoms with Gasteiger partial charge in [-0.2, -0.15) is 0 Å². The number of nitrogen functional groups attached to an aromatic ring is 1. The molecule has 0 bridgehead atoms. The number of aromatic nitrogens is 2. The number of nitrogens with one attached hydrogen (secondary N) is 1. The fourth-order valence-electron chi connectivity index (χ4n) is 0.710. The van der Waals surface area contributed by atoms with Crippen molar-refractivity contribution >= 4 is 40.2 Å². The van der Waals surface area contributed by atoms with Gasteiger partial charge in [0.25, 0.3) is 0 Å². The van der Waals surface area contributed by atoms with E-state index in [1.807, 2.05) is 5.32 Å². The number of thioether (sulfide) groups is 1. The average Bonchev–Trinajstić information content (AvgIpc) is 2.50. The van der Waals surface area contributed by atoms with Crippen LogP contribution >= 0.6 is 23.1 Å². The van der Waals surface area contributed by atoms with Crippen LogP contribution in [0.5, 0.6) is 0 Å². The fraction of sp³-hybridized carbons (Fsp3) is 0.333. The molecule has 0 saturated carbocycles. The molecular weight excluding hydrogens is 238 g/mol. The van der Waals surface area contributed by atoms with E-state index >= 15 is 0 Å². The maximum atomic E-state index is 11.0. The Balaban J connectivity index is 2.22. The molecule has 0 atom stereocenters. The number of amides is 3. The molecule has 1 aromatic rings. The lowest BCUT2D eigenvalue weighted by atomic mass is 10.4. The first-order valence-electron chi connectivity index (χ1n) is 3.89. The molecule has 0 spiro atoms. The maximum absolute atomic E-state index is 11.0. The second kappa shape index (κ2) is 5.51. The van der Waals surface area contributed by atoms with Gasteiger partial charge in [0.05, 0.1) is 0 Å². The summed E-state index contributed by atoms with van der Waals surface area (Å²) in [5.74, 6) is 0.0841. The summed E-state index contributed by atoms with van der Waals surface area (Å²) in [5, 5.41) is 9.72. The molecule has 0 aromatic carbocycles. The Morgan fingerprint density at radius 2 is 2.20 bits per heavy atom.